The molecule has 0 aliphatic carbocycles. The molecule has 0 saturated carbocycles. The summed E-state index contributed by atoms with van der Waals surface area (Å²) in [4.78, 5) is 12.0. The molecule has 0 saturated heterocycles. The molecule has 0 aromatic rings. The number of methoxy groups -OCH3 is 1. The van der Waals surface area contributed by atoms with Crippen LogP contribution >= 0.6 is 0 Å². The summed E-state index contributed by atoms with van der Waals surface area (Å²) in [7, 11) is 2.96. The number of carbonyl (C=O) groups excluding carboxylic acids is 1. The molecule has 0 aliphatic heterocycles. The molecule has 4 nitrogen and oxygen atoms in total. The Labute approximate surface area is 60.4 Å². The highest BCUT2D eigenvalue weighted by Crippen LogP contribution is 1.89. The van der Waals surface area contributed by atoms with Crippen LogP contribution in [-0.2, 0) is 9.53 Å². The number of aliphatic hydroxyl groups is 1. The van der Waals surface area contributed by atoms with Crippen LogP contribution in [0.25, 0.3) is 0 Å². The molecular weight excluding hydrogens is 134 g/mol. The van der Waals surface area contributed by atoms with Gasteiger partial charge in [0.05, 0.1) is 13.7 Å². The zero-order valence-electron chi connectivity index (χ0n) is 6.50. The fourth-order valence-corrected chi connectivity index (χ4v) is 0.400. The number of hydrogen-bond donors (Lipinski definition) is 1. The zero-order chi connectivity index (χ0) is 8.15. The van der Waals surface area contributed by atoms with Crippen molar-refractivity contribution in [2.75, 3.05) is 20.7 Å². The van der Waals surface area contributed by atoms with Crippen molar-refractivity contribution in [2.45, 2.75) is 13.2 Å². The third kappa shape index (κ3) is 3.42. The highest BCUT2D eigenvalue weighted by molar-refractivity contribution is 5.71. The largest absolute Gasteiger partial charge is 0.468 e. The summed E-state index contributed by atoms with van der Waals surface area (Å²) in [5.74, 6) is -0.344. The van der Waals surface area contributed by atoms with E-state index in [2.05, 4.69) is 4.74 Å². The van der Waals surface area contributed by atoms with Crippen LogP contribution in [-0.4, -0.2) is 42.9 Å². The van der Waals surface area contributed by atoms with Crippen molar-refractivity contribution in [2.24, 2.45) is 0 Å². The number of rotatable bonds is 3. The predicted molar refractivity (Wildman–Crippen MR) is 36.3 cm³/mol. The Morgan fingerprint density at radius 3 is 2.60 bits per heavy atom. The van der Waals surface area contributed by atoms with Crippen molar-refractivity contribution in [1.82, 2.24) is 4.90 Å². The van der Waals surface area contributed by atoms with Gasteiger partial charge < -0.3 is 9.84 Å². The van der Waals surface area contributed by atoms with E-state index in [-0.39, 0.29) is 12.5 Å². The Balaban J connectivity index is 3.57. The Hall–Kier alpha value is -0.610. The Morgan fingerprint density at radius 2 is 2.30 bits per heavy atom. The van der Waals surface area contributed by atoms with E-state index in [1.54, 1.807) is 14.0 Å². The normalized spacial score (nSPS) is 13.3. The average Bonchev–Trinajstić information content (AvgIpc) is 1.87. The first-order valence-corrected chi connectivity index (χ1v) is 3.03. The maximum absolute atomic E-state index is 10.6. The number of esters is 1. The number of likely N-dealkylation sites (N-methyl/N-ethyl adjacent to an activating group) is 1. The fourth-order valence-electron chi connectivity index (χ4n) is 0.400. The number of ether oxygens (including phenoxy) is 1. The first kappa shape index (κ1) is 9.39. The van der Waals surface area contributed by atoms with Gasteiger partial charge in [-0.15, -0.1) is 0 Å². The third-order valence-electron chi connectivity index (χ3n) is 1.24. The molecule has 0 fully saturated rings. The third-order valence-corrected chi connectivity index (χ3v) is 1.24. The van der Waals surface area contributed by atoms with Gasteiger partial charge in [-0.25, -0.2) is 0 Å². The monoisotopic (exact) mass is 147 g/mol. The van der Waals surface area contributed by atoms with Gasteiger partial charge in [-0.05, 0) is 14.0 Å². The molecule has 0 aliphatic rings. The van der Waals surface area contributed by atoms with Gasteiger partial charge in [0.15, 0.2) is 0 Å². The Bertz CT molecular complexity index is 114. The molecule has 0 rings (SSSR count). The lowest BCUT2D eigenvalue weighted by atomic mass is 10.5. The minimum Gasteiger partial charge on any atom is -0.468 e. The smallest absolute Gasteiger partial charge is 0.319 e. The van der Waals surface area contributed by atoms with Crippen molar-refractivity contribution in [3.8, 4) is 0 Å². The number of hydrogen-bond acceptors (Lipinski definition) is 4. The van der Waals surface area contributed by atoms with Crippen LogP contribution in [0.15, 0.2) is 0 Å². The quantitative estimate of drug-likeness (QED) is 0.429. The van der Waals surface area contributed by atoms with Gasteiger partial charge in [0.25, 0.3) is 0 Å². The summed E-state index contributed by atoms with van der Waals surface area (Å²) in [6.07, 6.45) is -0.612. The van der Waals surface area contributed by atoms with Gasteiger partial charge in [-0.2, -0.15) is 0 Å². The predicted octanol–water partition coefficient (Wildman–Crippen LogP) is -0.571. The Kier molecular flexibility index (Phi) is 3.99. The Morgan fingerprint density at radius 1 is 1.80 bits per heavy atom. The maximum atomic E-state index is 10.6. The number of carbonyl (C=O) groups is 1. The standard InChI is InChI=1S/C6H13NO3/c1-5(8)7(2)4-6(9)10-3/h5,8H,4H2,1-3H3. The lowest BCUT2D eigenvalue weighted by molar-refractivity contribution is -0.143. The molecule has 0 aromatic heterocycles. The molecular formula is C6H13NO3. The molecule has 0 heterocycles. The van der Waals surface area contributed by atoms with Crippen LogP contribution in [0, 0.1) is 0 Å². The second-order valence-corrected chi connectivity index (χ2v) is 2.12. The fraction of sp³-hybridized carbons (Fsp3) is 0.833. The van der Waals surface area contributed by atoms with E-state index in [1.165, 1.54) is 12.0 Å². The molecule has 0 spiro atoms. The summed E-state index contributed by atoms with van der Waals surface area (Å²) in [5.41, 5.74) is 0. The summed E-state index contributed by atoms with van der Waals surface area (Å²) in [5, 5.41) is 8.88. The highest BCUT2D eigenvalue weighted by atomic mass is 16.5. The number of nitrogens with zero attached hydrogens (tertiary/aromatic N) is 1. The van der Waals surface area contributed by atoms with Crippen LogP contribution in [0.4, 0.5) is 0 Å². The van der Waals surface area contributed by atoms with Gasteiger partial charge >= 0.3 is 5.97 Å². The van der Waals surface area contributed by atoms with E-state index in [0.29, 0.717) is 0 Å². The van der Waals surface area contributed by atoms with Gasteiger partial charge in [0.1, 0.15) is 6.23 Å². The number of aliphatic hydroxyl groups excluding tert-OH is 1. The lowest BCUT2D eigenvalue weighted by Gasteiger charge is -2.17. The van der Waals surface area contributed by atoms with Crippen LogP contribution in [0.5, 0.6) is 0 Å². The molecule has 0 radical (unpaired) electrons. The van der Waals surface area contributed by atoms with Crippen LogP contribution in [0.2, 0.25) is 0 Å². The molecule has 1 N–H and O–H groups in total. The molecule has 0 aromatic carbocycles. The minimum atomic E-state index is -0.612. The first-order chi connectivity index (χ1) is 4.57. The van der Waals surface area contributed by atoms with Crippen molar-refractivity contribution in [1.29, 1.82) is 0 Å². The van der Waals surface area contributed by atoms with Crippen molar-refractivity contribution in [3.05, 3.63) is 0 Å². The van der Waals surface area contributed by atoms with Gasteiger partial charge in [0, 0.05) is 0 Å². The second kappa shape index (κ2) is 4.24. The minimum absolute atomic E-state index is 0.119. The lowest BCUT2D eigenvalue weighted by Crippen LogP contribution is -2.34. The first-order valence-electron chi connectivity index (χ1n) is 3.03. The summed E-state index contributed by atoms with van der Waals surface area (Å²) >= 11 is 0. The second-order valence-electron chi connectivity index (χ2n) is 2.12. The van der Waals surface area contributed by atoms with Crippen LogP contribution < -0.4 is 0 Å². The SMILES string of the molecule is COC(=O)CN(C)C(C)O. The van der Waals surface area contributed by atoms with E-state index in [0.717, 1.165) is 0 Å². The van der Waals surface area contributed by atoms with E-state index < -0.39 is 6.23 Å². The van der Waals surface area contributed by atoms with Gasteiger partial charge in [-0.1, -0.05) is 0 Å². The average molecular weight is 147 g/mol. The summed E-state index contributed by atoms with van der Waals surface area (Å²) in [6.45, 7) is 1.71. The van der Waals surface area contributed by atoms with Crippen molar-refractivity contribution < 1.29 is 14.6 Å². The van der Waals surface area contributed by atoms with E-state index in [9.17, 15) is 4.79 Å². The molecule has 10 heavy (non-hydrogen) atoms. The van der Waals surface area contributed by atoms with E-state index >= 15 is 0 Å². The molecule has 1 atom stereocenters. The highest BCUT2D eigenvalue weighted by Gasteiger charge is 2.09. The van der Waals surface area contributed by atoms with Crippen LogP contribution in [0.1, 0.15) is 6.92 Å². The van der Waals surface area contributed by atoms with Crippen molar-refractivity contribution in [3.63, 3.8) is 0 Å². The zero-order valence-corrected chi connectivity index (χ0v) is 6.50. The summed E-state index contributed by atoms with van der Waals surface area (Å²) in [6, 6.07) is 0. The maximum Gasteiger partial charge on any atom is 0.319 e. The molecule has 1 unspecified atom stereocenters. The van der Waals surface area contributed by atoms with Gasteiger partial charge in [-0.3, -0.25) is 9.69 Å². The molecule has 60 valence electrons. The summed E-state index contributed by atoms with van der Waals surface area (Å²) < 4.78 is 4.38. The molecule has 0 bridgehead atoms. The molecule has 0 amide bonds. The molecule has 4 heteroatoms. The van der Waals surface area contributed by atoms with E-state index in [4.69, 9.17) is 5.11 Å². The van der Waals surface area contributed by atoms with Gasteiger partial charge in [0.2, 0.25) is 0 Å². The van der Waals surface area contributed by atoms with Crippen molar-refractivity contribution >= 4 is 5.97 Å². The van der Waals surface area contributed by atoms with Crippen LogP contribution in [0.3, 0.4) is 0 Å². The van der Waals surface area contributed by atoms with E-state index in [1.807, 2.05) is 0 Å². The topological polar surface area (TPSA) is 49.8 Å².